The monoisotopic (exact) mass is 458 g/mol. The summed E-state index contributed by atoms with van der Waals surface area (Å²) in [4.78, 5) is 0.947. The first-order valence-electron chi connectivity index (χ1n) is 8.73. The standard InChI is InChI=1S/C21H27ClO2SSe/c1-15(2)24-18(16-10-6-7-11-17(16)22)14-26-20-13-9-8-12-19(20)25(23)21(3,4)5/h6-13,15,18H,14H2,1-5H3. The average molecular weight is 458 g/mol. The molecular weight excluding hydrogens is 431 g/mol. The first kappa shape index (κ1) is 21.7. The van der Waals surface area contributed by atoms with E-state index in [0.717, 1.165) is 20.8 Å². The Morgan fingerprint density at radius 2 is 1.69 bits per heavy atom. The summed E-state index contributed by atoms with van der Waals surface area (Å²) in [5.74, 6) is 0. The van der Waals surface area contributed by atoms with Crippen molar-refractivity contribution >= 4 is 41.8 Å². The molecule has 5 heteroatoms. The molecule has 0 saturated heterocycles. The van der Waals surface area contributed by atoms with Gasteiger partial charge in [-0.05, 0) is 0 Å². The van der Waals surface area contributed by atoms with E-state index in [4.69, 9.17) is 16.3 Å². The van der Waals surface area contributed by atoms with Crippen LogP contribution in [0.25, 0.3) is 0 Å². The Labute approximate surface area is 171 Å². The van der Waals surface area contributed by atoms with Crippen LogP contribution in [0.5, 0.6) is 0 Å². The summed E-state index contributed by atoms with van der Waals surface area (Å²) < 4.78 is 20.0. The van der Waals surface area contributed by atoms with Crippen molar-refractivity contribution in [2.24, 2.45) is 0 Å². The summed E-state index contributed by atoms with van der Waals surface area (Å²) >= 11 is 6.54. The molecule has 2 aromatic rings. The number of benzene rings is 2. The summed E-state index contributed by atoms with van der Waals surface area (Å²) in [7, 11) is -1.04. The number of halogens is 1. The molecule has 26 heavy (non-hydrogen) atoms. The van der Waals surface area contributed by atoms with Crippen LogP contribution in [0.2, 0.25) is 10.3 Å². The van der Waals surface area contributed by atoms with E-state index < -0.39 is 10.8 Å². The van der Waals surface area contributed by atoms with Crippen molar-refractivity contribution in [1.82, 2.24) is 0 Å². The fourth-order valence-electron chi connectivity index (χ4n) is 2.49. The van der Waals surface area contributed by atoms with Crippen molar-refractivity contribution in [3.8, 4) is 0 Å². The molecule has 2 nitrogen and oxygen atoms in total. The first-order chi connectivity index (χ1) is 12.2. The van der Waals surface area contributed by atoms with Crippen LogP contribution < -0.4 is 4.46 Å². The fourth-order valence-corrected chi connectivity index (χ4v) is 6.68. The summed E-state index contributed by atoms with van der Waals surface area (Å²) in [6.07, 6.45) is 0.0610. The normalized spacial score (nSPS) is 14.4. The molecule has 0 radical (unpaired) electrons. The summed E-state index contributed by atoms with van der Waals surface area (Å²) in [6.45, 7) is 10.1. The second-order valence-corrected chi connectivity index (χ2v) is 12.2. The Balaban J connectivity index is 2.25. The van der Waals surface area contributed by atoms with E-state index in [1.54, 1.807) is 0 Å². The minimum atomic E-state index is -1.04. The molecule has 0 aliphatic carbocycles. The molecule has 0 aliphatic heterocycles. The number of hydrogen-bond acceptors (Lipinski definition) is 2. The SMILES string of the molecule is CC(C)OC(C[Se]c1ccccc1S(=O)C(C)(C)C)c1ccccc1Cl. The van der Waals surface area contributed by atoms with Crippen molar-refractivity contribution < 1.29 is 8.95 Å². The topological polar surface area (TPSA) is 26.3 Å². The van der Waals surface area contributed by atoms with Gasteiger partial charge in [-0.2, -0.15) is 0 Å². The van der Waals surface area contributed by atoms with E-state index in [1.807, 2.05) is 77.1 Å². The van der Waals surface area contributed by atoms with E-state index >= 15 is 0 Å². The summed E-state index contributed by atoms with van der Waals surface area (Å²) in [5.41, 5.74) is 1.03. The van der Waals surface area contributed by atoms with Gasteiger partial charge < -0.3 is 0 Å². The van der Waals surface area contributed by atoms with Gasteiger partial charge in [-0.25, -0.2) is 0 Å². The van der Waals surface area contributed by atoms with Gasteiger partial charge in [0.1, 0.15) is 0 Å². The summed E-state index contributed by atoms with van der Waals surface area (Å²) in [5, 5.41) is 1.59. The van der Waals surface area contributed by atoms with Gasteiger partial charge in [0.2, 0.25) is 0 Å². The molecule has 2 atom stereocenters. The predicted molar refractivity (Wildman–Crippen MR) is 113 cm³/mol. The number of ether oxygens (including phenoxy) is 1. The second-order valence-electron chi connectivity index (χ2n) is 7.33. The average Bonchev–Trinajstić information content (AvgIpc) is 2.57. The Morgan fingerprint density at radius 1 is 1.08 bits per heavy atom. The second kappa shape index (κ2) is 9.52. The molecule has 0 fully saturated rings. The quantitative estimate of drug-likeness (QED) is 0.537. The molecular formula is C21H27ClO2SSe. The van der Waals surface area contributed by atoms with Gasteiger partial charge in [0.05, 0.1) is 0 Å². The van der Waals surface area contributed by atoms with Gasteiger partial charge in [0, 0.05) is 0 Å². The van der Waals surface area contributed by atoms with Crippen LogP contribution in [0.1, 0.15) is 46.3 Å². The van der Waals surface area contributed by atoms with Crippen LogP contribution in [0, 0.1) is 0 Å². The molecule has 2 unspecified atom stereocenters. The number of rotatable bonds is 7. The third kappa shape index (κ3) is 5.93. The van der Waals surface area contributed by atoms with E-state index in [2.05, 4.69) is 6.07 Å². The van der Waals surface area contributed by atoms with E-state index in [9.17, 15) is 4.21 Å². The third-order valence-electron chi connectivity index (χ3n) is 3.68. The molecule has 2 aromatic carbocycles. The van der Waals surface area contributed by atoms with Crippen LogP contribution in [-0.2, 0) is 15.5 Å². The Kier molecular flexibility index (Phi) is 7.93. The molecule has 2 rings (SSSR count). The zero-order valence-corrected chi connectivity index (χ0v) is 19.3. The Bertz CT molecular complexity index is 756. The molecule has 0 heterocycles. The molecule has 0 aliphatic rings. The van der Waals surface area contributed by atoms with Gasteiger partial charge in [0.15, 0.2) is 0 Å². The van der Waals surface area contributed by atoms with Crippen molar-refractivity contribution in [3.05, 3.63) is 59.1 Å². The van der Waals surface area contributed by atoms with Crippen LogP contribution in [0.3, 0.4) is 0 Å². The number of hydrogen-bond donors (Lipinski definition) is 0. The van der Waals surface area contributed by atoms with Gasteiger partial charge in [0.25, 0.3) is 0 Å². The first-order valence-corrected chi connectivity index (χ1v) is 12.3. The van der Waals surface area contributed by atoms with Gasteiger partial charge in [-0.1, -0.05) is 0 Å². The van der Waals surface area contributed by atoms with Crippen LogP contribution >= 0.6 is 11.6 Å². The van der Waals surface area contributed by atoms with Crippen molar-refractivity contribution in [3.63, 3.8) is 0 Å². The van der Waals surface area contributed by atoms with Gasteiger partial charge in [-0.3, -0.25) is 0 Å². The van der Waals surface area contributed by atoms with Gasteiger partial charge in [-0.15, -0.1) is 0 Å². The zero-order valence-electron chi connectivity index (χ0n) is 16.0. The van der Waals surface area contributed by atoms with E-state index in [1.165, 1.54) is 4.46 Å². The molecule has 0 bridgehead atoms. The molecule has 0 spiro atoms. The van der Waals surface area contributed by atoms with Crippen molar-refractivity contribution in [2.45, 2.75) is 61.8 Å². The van der Waals surface area contributed by atoms with Crippen molar-refractivity contribution in [2.75, 3.05) is 0 Å². The molecule has 0 amide bonds. The van der Waals surface area contributed by atoms with E-state index in [0.29, 0.717) is 0 Å². The maximum absolute atomic E-state index is 12.9. The third-order valence-corrected chi connectivity index (χ3v) is 8.57. The molecule has 0 N–H and O–H groups in total. The molecule has 142 valence electrons. The molecule has 0 saturated carbocycles. The van der Waals surface area contributed by atoms with E-state index in [-0.39, 0.29) is 31.9 Å². The van der Waals surface area contributed by atoms with Gasteiger partial charge >= 0.3 is 172 Å². The summed E-state index contributed by atoms with van der Waals surface area (Å²) in [6, 6.07) is 15.9. The Hall–Kier alpha value is -0.641. The zero-order chi connectivity index (χ0) is 19.3. The fraction of sp³-hybridized carbons (Fsp3) is 0.429. The van der Waals surface area contributed by atoms with Crippen LogP contribution in [-0.4, -0.2) is 30.0 Å². The maximum atomic E-state index is 12.9. The molecule has 0 aromatic heterocycles. The minimum absolute atomic E-state index is 0.0557. The van der Waals surface area contributed by atoms with Crippen molar-refractivity contribution in [1.29, 1.82) is 0 Å². The Morgan fingerprint density at radius 3 is 2.31 bits per heavy atom. The predicted octanol–water partition coefficient (Wildman–Crippen LogP) is 5.16. The van der Waals surface area contributed by atoms with Crippen LogP contribution in [0.4, 0.5) is 0 Å². The van der Waals surface area contributed by atoms with Crippen LogP contribution in [0.15, 0.2) is 53.4 Å².